The minimum absolute atomic E-state index is 0.142. The van der Waals surface area contributed by atoms with Gasteiger partial charge >= 0.3 is 12.0 Å². The smallest absolute Gasteiger partial charge is 0.317 e. The average Bonchev–Trinajstić information content (AvgIpc) is 2.46. The van der Waals surface area contributed by atoms with Crippen LogP contribution >= 0.6 is 0 Å². The van der Waals surface area contributed by atoms with Crippen molar-refractivity contribution >= 4 is 12.0 Å². The molecule has 0 spiro atoms. The van der Waals surface area contributed by atoms with E-state index in [0.717, 1.165) is 25.9 Å². The third kappa shape index (κ3) is 4.09. The summed E-state index contributed by atoms with van der Waals surface area (Å²) >= 11 is 0. The summed E-state index contributed by atoms with van der Waals surface area (Å²) in [5, 5.41) is 11.9. The summed E-state index contributed by atoms with van der Waals surface area (Å²) in [6.07, 6.45) is 3.55. The van der Waals surface area contributed by atoms with Crippen molar-refractivity contribution in [2.24, 2.45) is 11.8 Å². The first-order valence-electron chi connectivity index (χ1n) is 7.00. The van der Waals surface area contributed by atoms with Crippen molar-refractivity contribution in [3.63, 3.8) is 0 Å². The number of hydrogen-bond acceptors (Lipinski definition) is 3. The number of carboxylic acid groups (broad SMARTS) is 1. The Morgan fingerprint density at radius 3 is 2.84 bits per heavy atom. The van der Waals surface area contributed by atoms with Crippen LogP contribution in [0, 0.1) is 11.8 Å². The van der Waals surface area contributed by atoms with E-state index in [-0.39, 0.29) is 6.03 Å². The number of likely N-dealkylation sites (tertiary alicyclic amines) is 1. The van der Waals surface area contributed by atoms with Gasteiger partial charge in [0.2, 0.25) is 0 Å². The van der Waals surface area contributed by atoms with Crippen molar-refractivity contribution in [2.45, 2.75) is 25.7 Å². The van der Waals surface area contributed by atoms with Crippen molar-refractivity contribution < 1.29 is 19.4 Å². The summed E-state index contributed by atoms with van der Waals surface area (Å²) in [6.45, 7) is 3.11. The summed E-state index contributed by atoms with van der Waals surface area (Å²) in [5.41, 5.74) is 0. The average molecular weight is 270 g/mol. The third-order valence-corrected chi connectivity index (χ3v) is 3.85. The SMILES string of the molecule is O=C(O)[C@@H]1CCCN(C(=O)NCC2CCCOC2)C1. The molecule has 0 bridgehead atoms. The molecule has 2 atom stereocenters. The van der Waals surface area contributed by atoms with Crippen molar-refractivity contribution in [1.82, 2.24) is 10.2 Å². The van der Waals surface area contributed by atoms with Gasteiger partial charge < -0.3 is 20.1 Å². The molecule has 2 fully saturated rings. The van der Waals surface area contributed by atoms with Gasteiger partial charge in [0.25, 0.3) is 0 Å². The number of nitrogens with one attached hydrogen (secondary N) is 1. The van der Waals surface area contributed by atoms with Crippen LogP contribution in [0.5, 0.6) is 0 Å². The lowest BCUT2D eigenvalue weighted by Gasteiger charge is -2.31. The van der Waals surface area contributed by atoms with Gasteiger partial charge in [-0.15, -0.1) is 0 Å². The van der Waals surface area contributed by atoms with Crippen molar-refractivity contribution in [3.05, 3.63) is 0 Å². The second-order valence-corrected chi connectivity index (χ2v) is 5.39. The first-order valence-corrected chi connectivity index (χ1v) is 7.00. The quantitative estimate of drug-likeness (QED) is 0.799. The molecule has 2 heterocycles. The minimum atomic E-state index is -0.807. The number of carbonyl (C=O) groups excluding carboxylic acids is 1. The van der Waals surface area contributed by atoms with Crippen LogP contribution in [-0.4, -0.2) is 54.9 Å². The van der Waals surface area contributed by atoms with E-state index >= 15 is 0 Å². The normalized spacial score (nSPS) is 27.9. The molecule has 0 aromatic carbocycles. The van der Waals surface area contributed by atoms with Crippen LogP contribution in [0.4, 0.5) is 4.79 Å². The fraction of sp³-hybridized carbons (Fsp3) is 0.846. The Labute approximate surface area is 113 Å². The zero-order valence-electron chi connectivity index (χ0n) is 11.1. The molecular formula is C13H22N2O4. The number of ether oxygens (including phenoxy) is 1. The lowest BCUT2D eigenvalue weighted by molar-refractivity contribution is -0.143. The third-order valence-electron chi connectivity index (χ3n) is 3.85. The molecule has 2 saturated heterocycles. The van der Waals surface area contributed by atoms with E-state index in [2.05, 4.69) is 5.32 Å². The molecular weight excluding hydrogens is 248 g/mol. The Morgan fingerprint density at radius 2 is 2.16 bits per heavy atom. The number of piperidine rings is 1. The highest BCUT2D eigenvalue weighted by Crippen LogP contribution is 2.17. The zero-order valence-corrected chi connectivity index (χ0v) is 11.1. The van der Waals surface area contributed by atoms with E-state index in [1.807, 2.05) is 0 Å². The fourth-order valence-electron chi connectivity index (χ4n) is 2.68. The minimum Gasteiger partial charge on any atom is -0.481 e. The number of carboxylic acids is 1. The van der Waals surface area contributed by atoms with Crippen molar-refractivity contribution in [3.8, 4) is 0 Å². The largest absolute Gasteiger partial charge is 0.481 e. The molecule has 0 aromatic heterocycles. The van der Waals surface area contributed by atoms with Crippen LogP contribution in [0.3, 0.4) is 0 Å². The Balaban J connectivity index is 1.74. The molecule has 1 unspecified atom stereocenters. The first kappa shape index (κ1) is 14.1. The Hall–Kier alpha value is -1.30. The molecule has 6 nitrogen and oxygen atoms in total. The molecule has 2 amide bonds. The van der Waals surface area contributed by atoms with Crippen molar-refractivity contribution in [1.29, 1.82) is 0 Å². The van der Waals surface area contributed by atoms with E-state index < -0.39 is 11.9 Å². The summed E-state index contributed by atoms with van der Waals surface area (Å²) in [5.74, 6) is -0.839. The summed E-state index contributed by atoms with van der Waals surface area (Å²) in [4.78, 5) is 24.6. The number of hydrogen-bond donors (Lipinski definition) is 2. The Morgan fingerprint density at radius 1 is 1.32 bits per heavy atom. The number of rotatable bonds is 3. The molecule has 108 valence electrons. The fourth-order valence-corrected chi connectivity index (χ4v) is 2.68. The predicted octanol–water partition coefficient (Wildman–Crippen LogP) is 0.919. The van der Waals surface area contributed by atoms with E-state index in [9.17, 15) is 9.59 Å². The second-order valence-electron chi connectivity index (χ2n) is 5.39. The predicted molar refractivity (Wildman–Crippen MR) is 68.9 cm³/mol. The van der Waals surface area contributed by atoms with Gasteiger partial charge in [-0.3, -0.25) is 4.79 Å². The van der Waals surface area contributed by atoms with E-state index in [1.165, 1.54) is 0 Å². The van der Waals surface area contributed by atoms with Gasteiger partial charge in [-0.1, -0.05) is 0 Å². The number of nitrogens with zero attached hydrogens (tertiary/aromatic N) is 1. The lowest BCUT2D eigenvalue weighted by atomic mass is 9.98. The van der Waals surface area contributed by atoms with Gasteiger partial charge in [-0.2, -0.15) is 0 Å². The molecule has 0 radical (unpaired) electrons. The van der Waals surface area contributed by atoms with Crippen LogP contribution < -0.4 is 5.32 Å². The Kier molecular flexibility index (Phi) is 5.01. The number of aliphatic carboxylic acids is 1. The van der Waals surface area contributed by atoms with Gasteiger partial charge in [0, 0.05) is 26.2 Å². The highest BCUT2D eigenvalue weighted by molar-refractivity contribution is 5.76. The molecule has 6 heteroatoms. The number of urea groups is 1. The van der Waals surface area contributed by atoms with E-state index in [1.54, 1.807) is 4.90 Å². The highest BCUT2D eigenvalue weighted by Gasteiger charge is 2.28. The van der Waals surface area contributed by atoms with Gasteiger partial charge in [0.1, 0.15) is 0 Å². The molecule has 2 rings (SSSR count). The van der Waals surface area contributed by atoms with Crippen LogP contribution in [-0.2, 0) is 9.53 Å². The summed E-state index contributed by atoms with van der Waals surface area (Å²) < 4.78 is 5.37. The van der Waals surface area contributed by atoms with Crippen LogP contribution in [0.2, 0.25) is 0 Å². The first-order chi connectivity index (χ1) is 9.16. The lowest BCUT2D eigenvalue weighted by Crippen LogP contribution is -2.48. The van der Waals surface area contributed by atoms with E-state index in [4.69, 9.17) is 9.84 Å². The van der Waals surface area contributed by atoms with Gasteiger partial charge in [0.15, 0.2) is 0 Å². The summed E-state index contributed by atoms with van der Waals surface area (Å²) in [7, 11) is 0. The topological polar surface area (TPSA) is 78.9 Å². The molecule has 2 N–H and O–H groups in total. The second kappa shape index (κ2) is 6.75. The molecule has 0 aliphatic carbocycles. The van der Waals surface area contributed by atoms with Crippen molar-refractivity contribution in [2.75, 3.05) is 32.8 Å². The van der Waals surface area contributed by atoms with E-state index in [0.29, 0.717) is 38.6 Å². The molecule has 2 aliphatic heterocycles. The van der Waals surface area contributed by atoms with Gasteiger partial charge in [0.05, 0.1) is 12.5 Å². The molecule has 19 heavy (non-hydrogen) atoms. The standard InChI is InChI=1S/C13H22N2O4/c16-12(17)11-4-1-5-15(8-11)13(18)14-7-10-3-2-6-19-9-10/h10-11H,1-9H2,(H,14,18)(H,16,17)/t10?,11-/m1/s1. The Bertz CT molecular complexity index is 329. The maximum Gasteiger partial charge on any atom is 0.317 e. The maximum atomic E-state index is 12.0. The zero-order chi connectivity index (χ0) is 13.7. The number of amides is 2. The van der Waals surface area contributed by atoms with Gasteiger partial charge in [-0.05, 0) is 31.6 Å². The summed E-state index contributed by atoms with van der Waals surface area (Å²) in [6, 6.07) is -0.142. The molecule has 2 aliphatic rings. The molecule has 0 aromatic rings. The number of carbonyl (C=O) groups is 2. The van der Waals surface area contributed by atoms with Crippen LogP contribution in [0.15, 0.2) is 0 Å². The van der Waals surface area contributed by atoms with Crippen LogP contribution in [0.1, 0.15) is 25.7 Å². The maximum absolute atomic E-state index is 12.0. The van der Waals surface area contributed by atoms with Crippen LogP contribution in [0.25, 0.3) is 0 Å². The molecule has 0 saturated carbocycles. The van der Waals surface area contributed by atoms with Gasteiger partial charge in [-0.25, -0.2) is 4.79 Å². The highest BCUT2D eigenvalue weighted by atomic mass is 16.5. The monoisotopic (exact) mass is 270 g/mol.